The Morgan fingerprint density at radius 1 is 1.25 bits per heavy atom. The second-order valence-corrected chi connectivity index (χ2v) is 7.06. The zero-order valence-corrected chi connectivity index (χ0v) is 15.7. The summed E-state index contributed by atoms with van der Waals surface area (Å²) in [6.45, 7) is 3.07. The summed E-state index contributed by atoms with van der Waals surface area (Å²) in [5.74, 6) is 0. The Kier molecular flexibility index (Phi) is 6.33. The third-order valence-electron chi connectivity index (χ3n) is 3.17. The van der Waals surface area contributed by atoms with E-state index in [1.54, 1.807) is 0 Å². The van der Waals surface area contributed by atoms with Crippen LogP contribution < -0.4 is 5.32 Å². The molecule has 0 radical (unpaired) electrons. The highest BCUT2D eigenvalue weighted by molar-refractivity contribution is 14.1. The van der Waals surface area contributed by atoms with Gasteiger partial charge >= 0.3 is 0 Å². The fourth-order valence-electron chi connectivity index (χ4n) is 2.20. The molecule has 1 atom stereocenters. The molecule has 1 nitrogen and oxygen atoms in total. The molecule has 1 unspecified atom stereocenters. The minimum atomic E-state index is 0.284. The Balaban J connectivity index is 2.28. The summed E-state index contributed by atoms with van der Waals surface area (Å²) in [6.07, 6.45) is 0.889. The van der Waals surface area contributed by atoms with Crippen LogP contribution in [0.5, 0.6) is 0 Å². The van der Waals surface area contributed by atoms with Crippen molar-refractivity contribution in [3.8, 4) is 0 Å². The van der Waals surface area contributed by atoms with E-state index in [9.17, 15) is 0 Å². The number of rotatable bonds is 5. The van der Waals surface area contributed by atoms with Crippen molar-refractivity contribution in [2.45, 2.75) is 19.4 Å². The van der Waals surface area contributed by atoms with E-state index < -0.39 is 0 Å². The Labute approximate surface area is 147 Å². The molecule has 2 aromatic carbocycles. The molecular weight excluding hydrogens is 448 g/mol. The van der Waals surface area contributed by atoms with Crippen molar-refractivity contribution in [3.05, 3.63) is 66.7 Å². The van der Waals surface area contributed by atoms with Crippen LogP contribution in [0.2, 0.25) is 5.02 Å². The zero-order valence-electron chi connectivity index (χ0n) is 11.2. The monoisotopic (exact) mass is 463 g/mol. The van der Waals surface area contributed by atoms with Crippen LogP contribution in [0.3, 0.4) is 0 Å². The van der Waals surface area contributed by atoms with Crippen LogP contribution in [0.4, 0.5) is 0 Å². The average Bonchev–Trinajstić information content (AvgIpc) is 2.42. The van der Waals surface area contributed by atoms with Gasteiger partial charge in [-0.25, -0.2) is 0 Å². The minimum absolute atomic E-state index is 0.284. The van der Waals surface area contributed by atoms with Crippen LogP contribution in [-0.2, 0) is 6.42 Å². The van der Waals surface area contributed by atoms with Crippen LogP contribution >= 0.6 is 50.1 Å². The first-order valence-corrected chi connectivity index (χ1v) is 8.78. The maximum absolute atomic E-state index is 6.34. The lowest BCUT2D eigenvalue weighted by Gasteiger charge is -2.20. The number of halogens is 3. The normalized spacial score (nSPS) is 12.4. The highest BCUT2D eigenvalue weighted by Crippen LogP contribution is 2.28. The summed E-state index contributed by atoms with van der Waals surface area (Å²) in [5.41, 5.74) is 2.49. The van der Waals surface area contributed by atoms with Crippen LogP contribution in [0.25, 0.3) is 0 Å². The van der Waals surface area contributed by atoms with Crippen molar-refractivity contribution in [2.75, 3.05) is 6.54 Å². The van der Waals surface area contributed by atoms with Gasteiger partial charge in [-0.1, -0.05) is 58.7 Å². The molecule has 20 heavy (non-hydrogen) atoms. The maximum Gasteiger partial charge on any atom is 0.0449 e. The predicted octanol–water partition coefficient (Wildman–Crippen LogP) is 5.60. The SMILES string of the molecule is CCNC(Cc1ccc(Br)cc1Cl)c1ccccc1I. The number of hydrogen-bond acceptors (Lipinski definition) is 1. The fourth-order valence-corrected chi connectivity index (χ4v) is 3.72. The molecule has 0 fully saturated rings. The van der Waals surface area contributed by atoms with Gasteiger partial charge in [-0.05, 0) is 64.9 Å². The van der Waals surface area contributed by atoms with E-state index in [4.69, 9.17) is 11.6 Å². The van der Waals surface area contributed by atoms with Gasteiger partial charge in [0, 0.05) is 19.1 Å². The quantitative estimate of drug-likeness (QED) is 0.568. The highest BCUT2D eigenvalue weighted by Gasteiger charge is 2.15. The van der Waals surface area contributed by atoms with Gasteiger partial charge in [0.05, 0.1) is 0 Å². The lowest BCUT2D eigenvalue weighted by Crippen LogP contribution is -2.23. The molecule has 0 aliphatic heterocycles. The number of hydrogen-bond donors (Lipinski definition) is 1. The molecule has 0 saturated heterocycles. The molecule has 0 heterocycles. The molecule has 1 N–H and O–H groups in total. The molecule has 0 aliphatic rings. The summed E-state index contributed by atoms with van der Waals surface area (Å²) >= 11 is 12.2. The lowest BCUT2D eigenvalue weighted by molar-refractivity contribution is 0.548. The molecule has 0 amide bonds. The van der Waals surface area contributed by atoms with Gasteiger partial charge < -0.3 is 5.32 Å². The Bertz CT molecular complexity index is 588. The second kappa shape index (κ2) is 7.78. The van der Waals surface area contributed by atoms with Crippen LogP contribution in [0.1, 0.15) is 24.1 Å². The third kappa shape index (κ3) is 4.20. The molecule has 4 heteroatoms. The average molecular weight is 465 g/mol. The summed E-state index contributed by atoms with van der Waals surface area (Å²) in [5, 5.41) is 4.37. The smallest absolute Gasteiger partial charge is 0.0449 e. The molecule has 106 valence electrons. The maximum atomic E-state index is 6.34. The van der Waals surface area contributed by atoms with Crippen molar-refractivity contribution in [1.82, 2.24) is 5.32 Å². The van der Waals surface area contributed by atoms with E-state index in [0.29, 0.717) is 0 Å². The van der Waals surface area contributed by atoms with Gasteiger partial charge in [-0.3, -0.25) is 0 Å². The van der Waals surface area contributed by atoms with Gasteiger partial charge in [0.25, 0.3) is 0 Å². The van der Waals surface area contributed by atoms with Crippen molar-refractivity contribution < 1.29 is 0 Å². The topological polar surface area (TPSA) is 12.0 Å². The van der Waals surface area contributed by atoms with E-state index in [0.717, 1.165) is 22.5 Å². The summed E-state index contributed by atoms with van der Waals surface area (Å²) in [4.78, 5) is 0. The first-order valence-electron chi connectivity index (χ1n) is 6.53. The van der Waals surface area contributed by atoms with Crippen molar-refractivity contribution in [3.63, 3.8) is 0 Å². The van der Waals surface area contributed by atoms with E-state index in [1.807, 2.05) is 12.1 Å². The second-order valence-electron chi connectivity index (χ2n) is 4.57. The lowest BCUT2D eigenvalue weighted by atomic mass is 9.99. The van der Waals surface area contributed by atoms with Gasteiger partial charge in [-0.15, -0.1) is 0 Å². The van der Waals surface area contributed by atoms with Gasteiger partial charge in [0.1, 0.15) is 0 Å². The van der Waals surface area contributed by atoms with Gasteiger partial charge in [0.2, 0.25) is 0 Å². The first-order chi connectivity index (χ1) is 9.61. The van der Waals surface area contributed by atoms with Gasteiger partial charge in [0.15, 0.2) is 0 Å². The summed E-state index contributed by atoms with van der Waals surface area (Å²) in [6, 6.07) is 14.9. The van der Waals surface area contributed by atoms with E-state index in [-0.39, 0.29) is 6.04 Å². The molecule has 0 bridgehead atoms. The number of likely N-dealkylation sites (N-methyl/N-ethyl adjacent to an activating group) is 1. The Morgan fingerprint density at radius 3 is 2.65 bits per heavy atom. The molecule has 0 aromatic heterocycles. The van der Waals surface area contributed by atoms with Gasteiger partial charge in [-0.2, -0.15) is 0 Å². The Hall–Kier alpha value is -0.100. The summed E-state index contributed by atoms with van der Waals surface area (Å²) in [7, 11) is 0. The van der Waals surface area contributed by atoms with E-state index in [2.05, 4.69) is 81.1 Å². The largest absolute Gasteiger partial charge is 0.310 e. The molecule has 2 aromatic rings. The molecule has 0 spiro atoms. The standard InChI is InChI=1S/C16H16BrClIN/c1-2-20-16(13-5-3-4-6-15(13)19)9-11-7-8-12(17)10-14(11)18/h3-8,10,16,20H,2,9H2,1H3. The third-order valence-corrected chi connectivity index (χ3v) is 5.00. The van der Waals surface area contributed by atoms with Crippen molar-refractivity contribution >= 4 is 50.1 Å². The number of nitrogens with one attached hydrogen (secondary N) is 1. The highest BCUT2D eigenvalue weighted by atomic mass is 127. The molecule has 2 rings (SSSR count). The number of benzene rings is 2. The first kappa shape index (κ1) is 16.3. The van der Waals surface area contributed by atoms with Crippen LogP contribution in [0, 0.1) is 3.57 Å². The van der Waals surface area contributed by atoms with Crippen LogP contribution in [-0.4, -0.2) is 6.54 Å². The zero-order chi connectivity index (χ0) is 14.5. The predicted molar refractivity (Wildman–Crippen MR) is 98.4 cm³/mol. The molecule has 0 saturated carbocycles. The van der Waals surface area contributed by atoms with Crippen molar-refractivity contribution in [2.24, 2.45) is 0 Å². The van der Waals surface area contributed by atoms with E-state index >= 15 is 0 Å². The van der Waals surface area contributed by atoms with E-state index in [1.165, 1.54) is 14.7 Å². The summed E-state index contributed by atoms with van der Waals surface area (Å²) < 4.78 is 2.30. The fraction of sp³-hybridized carbons (Fsp3) is 0.250. The molecule has 0 aliphatic carbocycles. The van der Waals surface area contributed by atoms with Crippen molar-refractivity contribution in [1.29, 1.82) is 0 Å². The Morgan fingerprint density at radius 2 is 2.00 bits per heavy atom. The minimum Gasteiger partial charge on any atom is -0.310 e. The van der Waals surface area contributed by atoms with Crippen LogP contribution in [0.15, 0.2) is 46.9 Å². The molecular formula is C16H16BrClIN.